The van der Waals surface area contributed by atoms with Gasteiger partial charge in [0.15, 0.2) is 0 Å². The van der Waals surface area contributed by atoms with Crippen molar-refractivity contribution < 1.29 is 44.0 Å². The molecule has 4 N–H and O–H groups in total. The summed E-state index contributed by atoms with van der Waals surface area (Å²) in [6, 6.07) is 4.57. The van der Waals surface area contributed by atoms with Crippen molar-refractivity contribution in [3.05, 3.63) is 77.6 Å². The molecule has 2 rings (SSSR count). The average Bonchev–Trinajstić information content (AvgIpc) is 2.89. The summed E-state index contributed by atoms with van der Waals surface area (Å²) in [4.78, 5) is 41.9. The number of rotatable bonds is 7. The van der Waals surface area contributed by atoms with Crippen molar-refractivity contribution in [3.8, 4) is 5.75 Å². The summed E-state index contributed by atoms with van der Waals surface area (Å²) in [5.74, 6) is -2.37. The topological polar surface area (TPSA) is 164 Å². The first-order valence-corrected chi connectivity index (χ1v) is 11.8. The van der Waals surface area contributed by atoms with E-state index in [1.807, 2.05) is 0 Å². The van der Waals surface area contributed by atoms with Gasteiger partial charge in [-0.15, -0.1) is 0 Å². The van der Waals surface area contributed by atoms with Gasteiger partial charge >= 0.3 is 11.9 Å². The number of oxime groups is 1. The molecule has 204 valence electrons. The Morgan fingerprint density at radius 1 is 1.26 bits per heavy atom. The van der Waals surface area contributed by atoms with E-state index in [1.54, 1.807) is 25.1 Å². The molecular weight excluding hydrogens is 496 g/mol. The van der Waals surface area contributed by atoms with Crippen molar-refractivity contribution in [2.45, 2.75) is 44.5 Å². The normalized spacial score (nSPS) is 21.4. The predicted molar refractivity (Wildman–Crippen MR) is 138 cm³/mol. The van der Waals surface area contributed by atoms with E-state index >= 15 is 0 Å². The van der Waals surface area contributed by atoms with Crippen molar-refractivity contribution in [3.63, 3.8) is 0 Å². The molecule has 3 atom stereocenters. The predicted octanol–water partition coefficient (Wildman–Crippen LogP) is 1.84. The summed E-state index contributed by atoms with van der Waals surface area (Å²) in [7, 11) is 1.37. The lowest BCUT2D eigenvalue weighted by Crippen LogP contribution is -2.27. The number of nitrogens with one attached hydrogen (secondary N) is 1. The van der Waals surface area contributed by atoms with Crippen LogP contribution in [0.4, 0.5) is 0 Å². The fourth-order valence-corrected chi connectivity index (χ4v) is 3.32. The van der Waals surface area contributed by atoms with Crippen molar-refractivity contribution >= 4 is 24.1 Å². The van der Waals surface area contributed by atoms with Crippen LogP contribution < -0.4 is 5.32 Å². The number of hydrogen-bond donors (Lipinski definition) is 4. The summed E-state index contributed by atoms with van der Waals surface area (Å²) in [5.41, 5.74) is 0.942. The highest BCUT2D eigenvalue weighted by atomic mass is 16.6. The molecule has 0 unspecified atom stereocenters. The number of aliphatic hydroxyl groups is 2. The Bertz CT molecular complexity index is 1120. The summed E-state index contributed by atoms with van der Waals surface area (Å²) in [6.07, 6.45) is 7.96. The number of hydrogen-bond acceptors (Lipinski definition) is 10. The quantitative estimate of drug-likeness (QED) is 0.136. The minimum absolute atomic E-state index is 0.0241. The Labute approximate surface area is 220 Å². The molecule has 0 fully saturated rings. The van der Waals surface area contributed by atoms with E-state index in [4.69, 9.17) is 9.47 Å². The Balaban J connectivity index is 2.28. The van der Waals surface area contributed by atoms with Crippen LogP contribution in [0.15, 0.2) is 71.6 Å². The van der Waals surface area contributed by atoms with E-state index in [9.17, 15) is 29.7 Å². The molecule has 0 aliphatic carbocycles. The molecule has 0 spiro atoms. The third kappa shape index (κ3) is 10.0. The second-order valence-electron chi connectivity index (χ2n) is 8.18. The number of aromatic hydroxyl groups is 1. The molecular formula is C27H32N2O9. The number of nitrogens with zero attached hydrogens (tertiary/aromatic N) is 1. The zero-order valence-corrected chi connectivity index (χ0v) is 21.1. The van der Waals surface area contributed by atoms with Gasteiger partial charge in [0.25, 0.3) is 0 Å². The molecule has 1 heterocycles. The molecule has 1 amide bonds. The summed E-state index contributed by atoms with van der Waals surface area (Å²) >= 11 is 0. The third-order valence-corrected chi connectivity index (χ3v) is 5.32. The average molecular weight is 529 g/mol. The van der Waals surface area contributed by atoms with Gasteiger partial charge in [0.1, 0.15) is 30.6 Å². The van der Waals surface area contributed by atoms with E-state index in [-0.39, 0.29) is 30.6 Å². The number of ether oxygens (including phenoxy) is 2. The number of esters is 2. The van der Waals surface area contributed by atoms with Gasteiger partial charge in [-0.3, -0.25) is 9.59 Å². The Morgan fingerprint density at radius 3 is 2.79 bits per heavy atom. The van der Waals surface area contributed by atoms with E-state index in [0.717, 1.165) is 0 Å². The van der Waals surface area contributed by atoms with Gasteiger partial charge in [-0.05, 0) is 42.7 Å². The van der Waals surface area contributed by atoms with Crippen LogP contribution in [-0.4, -0.2) is 71.4 Å². The van der Waals surface area contributed by atoms with E-state index in [2.05, 4.69) is 15.3 Å². The van der Waals surface area contributed by atoms with Crippen molar-refractivity contribution in [1.82, 2.24) is 5.32 Å². The monoisotopic (exact) mass is 528 g/mol. The molecule has 1 aromatic rings. The number of aliphatic hydroxyl groups excluding tert-OH is 2. The molecule has 0 aromatic heterocycles. The highest BCUT2D eigenvalue weighted by Gasteiger charge is 2.25. The largest absolute Gasteiger partial charge is 0.507 e. The Hall–Kier alpha value is -4.22. The smallest absolute Gasteiger partial charge is 0.342 e. The van der Waals surface area contributed by atoms with Crippen molar-refractivity contribution in [2.75, 3.05) is 13.7 Å². The summed E-state index contributed by atoms with van der Waals surface area (Å²) < 4.78 is 10.8. The maximum Gasteiger partial charge on any atom is 0.342 e. The zero-order chi connectivity index (χ0) is 27.9. The van der Waals surface area contributed by atoms with Crippen LogP contribution in [0.5, 0.6) is 5.75 Å². The minimum Gasteiger partial charge on any atom is -0.507 e. The van der Waals surface area contributed by atoms with Crippen LogP contribution in [0.1, 0.15) is 35.7 Å². The van der Waals surface area contributed by atoms with Gasteiger partial charge in [-0.2, -0.15) is 0 Å². The van der Waals surface area contributed by atoms with Gasteiger partial charge in [-0.25, -0.2) is 4.79 Å². The Morgan fingerprint density at radius 2 is 2.05 bits per heavy atom. The van der Waals surface area contributed by atoms with Gasteiger partial charge in [0.05, 0.1) is 25.3 Å². The fraction of sp³-hybridized carbons (Fsp3) is 0.333. The molecule has 11 nitrogen and oxygen atoms in total. The lowest BCUT2D eigenvalue weighted by molar-refractivity contribution is -0.150. The van der Waals surface area contributed by atoms with Crippen LogP contribution in [0, 0.1) is 0 Å². The van der Waals surface area contributed by atoms with Crippen LogP contribution in [-0.2, 0) is 30.3 Å². The van der Waals surface area contributed by atoms with Crippen molar-refractivity contribution in [1.29, 1.82) is 0 Å². The summed E-state index contributed by atoms with van der Waals surface area (Å²) in [6.45, 7) is 1.16. The van der Waals surface area contributed by atoms with Crippen LogP contribution in [0.2, 0.25) is 0 Å². The van der Waals surface area contributed by atoms with Gasteiger partial charge < -0.3 is 34.9 Å². The molecule has 0 saturated heterocycles. The number of amides is 1. The molecule has 0 saturated carbocycles. The second kappa shape index (κ2) is 15.8. The number of carbonyl (C=O) groups is 3. The van der Waals surface area contributed by atoms with E-state index in [0.29, 0.717) is 11.1 Å². The lowest BCUT2D eigenvalue weighted by Gasteiger charge is -2.19. The first-order valence-electron chi connectivity index (χ1n) is 11.8. The van der Waals surface area contributed by atoms with Gasteiger partial charge in [0.2, 0.25) is 5.91 Å². The molecule has 0 radical (unpaired) electrons. The van der Waals surface area contributed by atoms with Crippen LogP contribution in [0.25, 0.3) is 0 Å². The third-order valence-electron chi connectivity index (χ3n) is 5.32. The lowest BCUT2D eigenvalue weighted by atomic mass is 10.0. The van der Waals surface area contributed by atoms with Crippen LogP contribution >= 0.6 is 0 Å². The first kappa shape index (κ1) is 30.0. The van der Waals surface area contributed by atoms with Crippen molar-refractivity contribution in [2.24, 2.45) is 5.16 Å². The maximum atomic E-state index is 13.1. The highest BCUT2D eigenvalue weighted by molar-refractivity contribution is 5.94. The number of cyclic esters (lactones) is 2. The highest BCUT2D eigenvalue weighted by Crippen LogP contribution is 2.25. The molecule has 38 heavy (non-hydrogen) atoms. The Kier molecular flexibility index (Phi) is 12.5. The number of allylic oxidation sites excluding steroid dienone is 2. The maximum absolute atomic E-state index is 13.1. The molecule has 0 bridgehead atoms. The summed E-state index contributed by atoms with van der Waals surface area (Å²) in [5, 5.41) is 36.3. The standard InChI is InChI=1S/C27H32N2O9/c1-18-10-11-19-6-3-8-23(32)26(19)27(35)38-20(7-4-14-28-24(33)9-5-15-29-36-2)16-25(34)37-21(17-30)12-13-22(18)31/h3-6,8-10,12-15,20-22,30-32H,7,11,16-17H2,1-2H3,(H,28,33)/t20-,21+,22+/m0/s1. The fourth-order valence-electron chi connectivity index (χ4n) is 3.32. The number of benzene rings is 1. The number of phenols is 1. The number of phenolic OH excluding ortho intramolecular Hbond substituents is 1. The second-order valence-corrected chi connectivity index (χ2v) is 8.18. The molecule has 1 aromatic carbocycles. The minimum atomic E-state index is -1.02. The zero-order valence-electron chi connectivity index (χ0n) is 21.1. The number of carbonyl (C=O) groups excluding carboxylic acids is 3. The van der Waals surface area contributed by atoms with Gasteiger partial charge in [0, 0.05) is 18.7 Å². The number of fused-ring (bicyclic) bond motifs is 1. The molecule has 1 aliphatic heterocycles. The SMILES string of the molecule is CON=CC=CC(=O)NC=CC[C@H]1CC(=O)O[C@@H](CO)C=C[C@@H](O)C(C)=CCc2cccc(O)c2C(=O)O1. The van der Waals surface area contributed by atoms with E-state index in [1.165, 1.54) is 56.0 Å². The van der Waals surface area contributed by atoms with E-state index < -0.39 is 42.8 Å². The molecule has 11 heteroatoms. The molecule has 1 aliphatic rings. The van der Waals surface area contributed by atoms with Crippen LogP contribution in [0.3, 0.4) is 0 Å². The van der Waals surface area contributed by atoms with Gasteiger partial charge in [-0.1, -0.05) is 35.5 Å². The first-order chi connectivity index (χ1) is 18.2.